The number of rotatable bonds is 2. The van der Waals surface area contributed by atoms with Crippen LogP contribution in [0.2, 0.25) is 5.02 Å². The van der Waals surface area contributed by atoms with Crippen molar-refractivity contribution in [3.05, 3.63) is 47.7 Å². The molecule has 1 aliphatic rings. The Bertz CT molecular complexity index is 832. The lowest BCUT2D eigenvalue weighted by molar-refractivity contribution is 0.122. The molecule has 0 bridgehead atoms. The number of hydrogen-bond donors (Lipinski definition) is 0. The molecule has 0 amide bonds. The van der Waals surface area contributed by atoms with Crippen LogP contribution < -0.4 is 4.90 Å². The van der Waals surface area contributed by atoms with Crippen LogP contribution in [0.4, 0.5) is 5.82 Å². The van der Waals surface area contributed by atoms with Crippen LogP contribution in [0.1, 0.15) is 0 Å². The van der Waals surface area contributed by atoms with Crippen LogP contribution in [0.5, 0.6) is 0 Å². The maximum atomic E-state index is 5.96. The van der Waals surface area contributed by atoms with E-state index in [9.17, 15) is 0 Å². The second-order valence-electron chi connectivity index (χ2n) is 5.37. The third kappa shape index (κ3) is 2.85. The molecule has 23 heavy (non-hydrogen) atoms. The topological polar surface area (TPSA) is 51.1 Å². The molecule has 3 aromatic rings. The molecule has 1 fully saturated rings. The zero-order valence-electron chi connectivity index (χ0n) is 12.4. The third-order valence-corrected chi connectivity index (χ3v) is 4.17. The molecular weight excluding hydrogens is 312 g/mol. The van der Waals surface area contributed by atoms with Gasteiger partial charge in [-0.2, -0.15) is 0 Å². The first-order chi connectivity index (χ1) is 11.3. The molecule has 1 saturated heterocycles. The number of hydrogen-bond acceptors (Lipinski definition) is 5. The minimum absolute atomic E-state index is 0.711. The van der Waals surface area contributed by atoms with Crippen LogP contribution in [0.3, 0.4) is 0 Å². The van der Waals surface area contributed by atoms with Gasteiger partial charge in [0.15, 0.2) is 5.82 Å². The molecule has 1 aliphatic heterocycles. The van der Waals surface area contributed by atoms with Gasteiger partial charge in [0, 0.05) is 23.7 Å². The molecule has 0 saturated carbocycles. The summed E-state index contributed by atoms with van der Waals surface area (Å²) in [5.41, 5.74) is 3.58. The van der Waals surface area contributed by atoms with Gasteiger partial charge in [-0.1, -0.05) is 23.7 Å². The molecule has 0 spiro atoms. The Morgan fingerprint density at radius 3 is 2.52 bits per heavy atom. The zero-order valence-corrected chi connectivity index (χ0v) is 13.2. The lowest BCUT2D eigenvalue weighted by Gasteiger charge is -2.28. The van der Waals surface area contributed by atoms with Crippen molar-refractivity contribution in [1.82, 2.24) is 15.0 Å². The number of anilines is 1. The van der Waals surface area contributed by atoms with E-state index < -0.39 is 0 Å². The van der Waals surface area contributed by atoms with Crippen molar-refractivity contribution in [2.75, 3.05) is 31.2 Å². The Labute approximate surface area is 138 Å². The summed E-state index contributed by atoms with van der Waals surface area (Å²) in [7, 11) is 0. The predicted molar refractivity (Wildman–Crippen MR) is 90.8 cm³/mol. The summed E-state index contributed by atoms with van der Waals surface area (Å²) in [6.45, 7) is 3.06. The Morgan fingerprint density at radius 1 is 0.957 bits per heavy atom. The van der Waals surface area contributed by atoms with Gasteiger partial charge in [0.1, 0.15) is 11.8 Å². The fourth-order valence-corrected chi connectivity index (χ4v) is 2.84. The largest absolute Gasteiger partial charge is 0.378 e. The van der Waals surface area contributed by atoms with E-state index in [1.165, 1.54) is 0 Å². The minimum atomic E-state index is 0.711. The van der Waals surface area contributed by atoms with Crippen molar-refractivity contribution >= 4 is 28.5 Å². The lowest BCUT2D eigenvalue weighted by atomic mass is 10.1. The number of nitrogens with zero attached hydrogens (tertiary/aromatic N) is 4. The quantitative estimate of drug-likeness (QED) is 0.724. The van der Waals surface area contributed by atoms with Crippen LogP contribution in [-0.2, 0) is 4.74 Å². The number of ether oxygens (including phenoxy) is 1. The molecule has 2 aromatic heterocycles. The predicted octanol–water partition coefficient (Wildman–Crippen LogP) is 3.18. The monoisotopic (exact) mass is 326 g/mol. The average Bonchev–Trinajstić information content (AvgIpc) is 2.62. The van der Waals surface area contributed by atoms with Gasteiger partial charge in [0.2, 0.25) is 0 Å². The van der Waals surface area contributed by atoms with Gasteiger partial charge in [-0.15, -0.1) is 0 Å². The number of fused-ring (bicyclic) bond motifs is 1. The van der Waals surface area contributed by atoms with Crippen LogP contribution >= 0.6 is 11.6 Å². The molecule has 0 atom stereocenters. The fraction of sp³-hybridized carbons (Fsp3) is 0.235. The molecular formula is C17H15ClN4O. The smallest absolute Gasteiger partial charge is 0.158 e. The highest BCUT2D eigenvalue weighted by atomic mass is 35.5. The first-order valence-corrected chi connectivity index (χ1v) is 7.89. The lowest BCUT2D eigenvalue weighted by Crippen LogP contribution is -2.37. The van der Waals surface area contributed by atoms with E-state index in [1.807, 2.05) is 36.4 Å². The SMILES string of the molecule is Clc1ccc(-c2ccc3ncnc(N4CCOCC4)c3n2)cc1. The minimum Gasteiger partial charge on any atom is -0.378 e. The fourth-order valence-electron chi connectivity index (χ4n) is 2.72. The first kappa shape index (κ1) is 14.4. The second-order valence-corrected chi connectivity index (χ2v) is 5.80. The molecule has 0 radical (unpaired) electrons. The molecule has 116 valence electrons. The Morgan fingerprint density at radius 2 is 1.74 bits per heavy atom. The molecule has 0 N–H and O–H groups in total. The van der Waals surface area contributed by atoms with E-state index in [0.29, 0.717) is 18.2 Å². The van der Waals surface area contributed by atoms with Gasteiger partial charge >= 0.3 is 0 Å². The van der Waals surface area contributed by atoms with E-state index in [0.717, 1.165) is 41.2 Å². The summed E-state index contributed by atoms with van der Waals surface area (Å²) in [4.78, 5) is 15.8. The standard InChI is InChI=1S/C17H15ClN4O/c18-13-3-1-12(2-4-13)14-5-6-15-16(21-14)17(20-11-19-15)22-7-9-23-10-8-22/h1-6,11H,7-10H2. The number of benzene rings is 1. The highest BCUT2D eigenvalue weighted by Gasteiger charge is 2.17. The molecule has 0 unspecified atom stereocenters. The van der Waals surface area contributed by atoms with Gasteiger partial charge in [0.25, 0.3) is 0 Å². The zero-order chi connectivity index (χ0) is 15.6. The van der Waals surface area contributed by atoms with Gasteiger partial charge < -0.3 is 9.64 Å². The summed E-state index contributed by atoms with van der Waals surface area (Å²) in [6.07, 6.45) is 1.59. The number of morpholine rings is 1. The summed E-state index contributed by atoms with van der Waals surface area (Å²) in [5.74, 6) is 0.870. The van der Waals surface area contributed by atoms with Crippen molar-refractivity contribution in [2.45, 2.75) is 0 Å². The molecule has 0 aliphatic carbocycles. The highest BCUT2D eigenvalue weighted by molar-refractivity contribution is 6.30. The Hall–Kier alpha value is -2.24. The van der Waals surface area contributed by atoms with E-state index in [2.05, 4.69) is 14.9 Å². The van der Waals surface area contributed by atoms with Crippen molar-refractivity contribution in [1.29, 1.82) is 0 Å². The number of pyridine rings is 1. The van der Waals surface area contributed by atoms with Crippen molar-refractivity contribution in [3.63, 3.8) is 0 Å². The average molecular weight is 327 g/mol. The van der Waals surface area contributed by atoms with Crippen LogP contribution in [0.25, 0.3) is 22.3 Å². The van der Waals surface area contributed by atoms with E-state index >= 15 is 0 Å². The maximum Gasteiger partial charge on any atom is 0.158 e. The number of aromatic nitrogens is 3. The van der Waals surface area contributed by atoms with Crippen molar-refractivity contribution in [3.8, 4) is 11.3 Å². The molecule has 6 heteroatoms. The molecule has 1 aromatic carbocycles. The normalized spacial score (nSPS) is 15.1. The Balaban J connectivity index is 1.81. The summed E-state index contributed by atoms with van der Waals surface area (Å²) in [6, 6.07) is 11.6. The first-order valence-electron chi connectivity index (χ1n) is 7.52. The van der Waals surface area contributed by atoms with Gasteiger partial charge in [-0.25, -0.2) is 15.0 Å². The van der Waals surface area contributed by atoms with Crippen LogP contribution in [0, 0.1) is 0 Å². The van der Waals surface area contributed by atoms with Crippen LogP contribution in [-0.4, -0.2) is 41.3 Å². The van der Waals surface area contributed by atoms with Crippen molar-refractivity contribution in [2.24, 2.45) is 0 Å². The summed E-state index contributed by atoms with van der Waals surface area (Å²) in [5, 5.41) is 0.715. The number of halogens is 1. The summed E-state index contributed by atoms with van der Waals surface area (Å²) >= 11 is 5.96. The van der Waals surface area contributed by atoms with Gasteiger partial charge in [-0.05, 0) is 24.3 Å². The third-order valence-electron chi connectivity index (χ3n) is 3.91. The molecule has 3 heterocycles. The molecule has 4 rings (SSSR count). The van der Waals surface area contributed by atoms with Gasteiger partial charge in [-0.3, -0.25) is 0 Å². The van der Waals surface area contributed by atoms with E-state index in [1.54, 1.807) is 6.33 Å². The summed E-state index contributed by atoms with van der Waals surface area (Å²) < 4.78 is 5.42. The second kappa shape index (κ2) is 6.10. The maximum absolute atomic E-state index is 5.96. The van der Waals surface area contributed by atoms with E-state index in [-0.39, 0.29) is 0 Å². The highest BCUT2D eigenvalue weighted by Crippen LogP contribution is 2.26. The van der Waals surface area contributed by atoms with Crippen molar-refractivity contribution < 1.29 is 4.74 Å². The van der Waals surface area contributed by atoms with Gasteiger partial charge in [0.05, 0.1) is 24.4 Å². The van der Waals surface area contributed by atoms with E-state index in [4.69, 9.17) is 21.3 Å². The molecule has 5 nitrogen and oxygen atoms in total. The van der Waals surface area contributed by atoms with Crippen LogP contribution in [0.15, 0.2) is 42.7 Å². The Kier molecular flexibility index (Phi) is 3.81.